The van der Waals surface area contributed by atoms with Crippen LogP contribution in [0.25, 0.3) is 17.1 Å². The molecule has 3 aromatic rings. The second-order valence-corrected chi connectivity index (χ2v) is 4.54. The molecule has 0 saturated carbocycles. The minimum Gasteiger partial charge on any atom is -0.387 e. The number of hydrogen-bond donors (Lipinski definition) is 0. The number of halogens is 3. The molecule has 0 saturated heterocycles. The van der Waals surface area contributed by atoms with Crippen LogP contribution in [-0.2, 0) is 0 Å². The predicted octanol–water partition coefficient (Wildman–Crippen LogP) is 3.42. The summed E-state index contributed by atoms with van der Waals surface area (Å²) < 4.78 is 33.1. The molecule has 4 nitrogen and oxygen atoms in total. The van der Waals surface area contributed by atoms with Crippen molar-refractivity contribution in [1.29, 1.82) is 0 Å². The standard InChI is InChI=1S/C14H7ClF2N2O2/c15-8-4-3-6-10(17)12(8)13-18-19(14(20)21-13)11-7-2-1-5-9(11)16/h1-7H. The molecule has 3 rings (SSSR count). The Morgan fingerprint density at radius 1 is 1.05 bits per heavy atom. The Balaban J connectivity index is 2.20. The second kappa shape index (κ2) is 5.14. The monoisotopic (exact) mass is 308 g/mol. The molecule has 0 fully saturated rings. The first-order valence-corrected chi connectivity index (χ1v) is 6.25. The van der Waals surface area contributed by atoms with Crippen LogP contribution in [0.1, 0.15) is 0 Å². The molecule has 0 aliphatic rings. The summed E-state index contributed by atoms with van der Waals surface area (Å²) in [4.78, 5) is 11.8. The molecule has 0 aliphatic carbocycles. The van der Waals surface area contributed by atoms with E-state index in [4.69, 9.17) is 16.0 Å². The van der Waals surface area contributed by atoms with E-state index in [1.807, 2.05) is 0 Å². The largest absolute Gasteiger partial charge is 0.442 e. The third kappa shape index (κ3) is 2.34. The zero-order chi connectivity index (χ0) is 15.0. The molecule has 0 N–H and O–H groups in total. The zero-order valence-corrected chi connectivity index (χ0v) is 11.1. The van der Waals surface area contributed by atoms with Gasteiger partial charge in [-0.1, -0.05) is 29.8 Å². The van der Waals surface area contributed by atoms with Crippen LogP contribution >= 0.6 is 11.6 Å². The van der Waals surface area contributed by atoms with E-state index in [0.29, 0.717) is 4.68 Å². The number of aromatic nitrogens is 2. The first-order chi connectivity index (χ1) is 10.1. The summed E-state index contributed by atoms with van der Waals surface area (Å²) in [7, 11) is 0. The normalized spacial score (nSPS) is 10.8. The maximum absolute atomic E-state index is 13.8. The number of para-hydroxylation sites is 1. The molecule has 106 valence electrons. The smallest absolute Gasteiger partial charge is 0.387 e. The van der Waals surface area contributed by atoms with E-state index < -0.39 is 17.4 Å². The van der Waals surface area contributed by atoms with Gasteiger partial charge in [-0.25, -0.2) is 13.6 Å². The van der Waals surface area contributed by atoms with Gasteiger partial charge in [-0.05, 0) is 24.3 Å². The molecule has 7 heteroatoms. The van der Waals surface area contributed by atoms with Gasteiger partial charge >= 0.3 is 5.76 Å². The van der Waals surface area contributed by atoms with Crippen molar-refractivity contribution in [2.75, 3.05) is 0 Å². The fourth-order valence-electron chi connectivity index (χ4n) is 1.86. The van der Waals surface area contributed by atoms with Crippen molar-refractivity contribution in [3.63, 3.8) is 0 Å². The van der Waals surface area contributed by atoms with Crippen LogP contribution < -0.4 is 5.76 Å². The van der Waals surface area contributed by atoms with Gasteiger partial charge < -0.3 is 4.42 Å². The maximum Gasteiger partial charge on any atom is 0.442 e. The average molecular weight is 309 g/mol. The Kier molecular flexibility index (Phi) is 3.31. The maximum atomic E-state index is 13.8. The van der Waals surface area contributed by atoms with E-state index in [1.54, 1.807) is 0 Å². The van der Waals surface area contributed by atoms with Crippen molar-refractivity contribution < 1.29 is 13.2 Å². The van der Waals surface area contributed by atoms with E-state index in [9.17, 15) is 13.6 Å². The Morgan fingerprint density at radius 3 is 2.48 bits per heavy atom. The van der Waals surface area contributed by atoms with E-state index in [-0.39, 0.29) is 22.2 Å². The lowest BCUT2D eigenvalue weighted by atomic mass is 10.2. The molecule has 21 heavy (non-hydrogen) atoms. The third-order valence-corrected chi connectivity index (χ3v) is 3.12. The molecule has 0 amide bonds. The minimum atomic E-state index is -0.936. The summed E-state index contributed by atoms with van der Waals surface area (Å²) in [6.45, 7) is 0. The molecule has 0 spiro atoms. The molecule has 2 aromatic carbocycles. The highest BCUT2D eigenvalue weighted by molar-refractivity contribution is 6.33. The summed E-state index contributed by atoms with van der Waals surface area (Å²) >= 11 is 5.88. The van der Waals surface area contributed by atoms with Gasteiger partial charge in [0.05, 0.1) is 10.6 Å². The topological polar surface area (TPSA) is 48.0 Å². The van der Waals surface area contributed by atoms with Gasteiger partial charge in [-0.3, -0.25) is 0 Å². The lowest BCUT2D eigenvalue weighted by Gasteiger charge is -2.00. The highest BCUT2D eigenvalue weighted by Gasteiger charge is 2.19. The summed E-state index contributed by atoms with van der Waals surface area (Å²) in [6, 6.07) is 9.53. The Morgan fingerprint density at radius 2 is 1.76 bits per heavy atom. The van der Waals surface area contributed by atoms with Gasteiger partial charge in [0, 0.05) is 0 Å². The summed E-state index contributed by atoms with van der Waals surface area (Å²) in [5.41, 5.74) is -0.240. The zero-order valence-electron chi connectivity index (χ0n) is 10.4. The van der Waals surface area contributed by atoms with Crippen LogP contribution in [0, 0.1) is 11.6 Å². The van der Waals surface area contributed by atoms with Crippen molar-refractivity contribution in [3.05, 3.63) is 69.7 Å². The van der Waals surface area contributed by atoms with Crippen molar-refractivity contribution >= 4 is 11.6 Å². The minimum absolute atomic E-state index is 0.0388. The van der Waals surface area contributed by atoms with Gasteiger partial charge in [-0.2, -0.15) is 4.68 Å². The molecular weight excluding hydrogens is 302 g/mol. The Labute approximate surface area is 122 Å². The number of hydrogen-bond acceptors (Lipinski definition) is 3. The SMILES string of the molecule is O=c1oc(-c2c(F)cccc2Cl)nn1-c1ccccc1F. The molecule has 0 aliphatic heterocycles. The van der Waals surface area contributed by atoms with E-state index in [0.717, 1.165) is 6.07 Å². The van der Waals surface area contributed by atoms with Gasteiger partial charge in [0.1, 0.15) is 17.3 Å². The first kappa shape index (κ1) is 13.5. The molecule has 0 atom stereocenters. The van der Waals surface area contributed by atoms with Crippen LogP contribution in [-0.4, -0.2) is 9.78 Å². The number of rotatable bonds is 2. The fraction of sp³-hybridized carbons (Fsp3) is 0. The van der Waals surface area contributed by atoms with Gasteiger partial charge in [0.15, 0.2) is 0 Å². The van der Waals surface area contributed by atoms with Crippen LogP contribution in [0.4, 0.5) is 8.78 Å². The molecule has 1 heterocycles. The van der Waals surface area contributed by atoms with Gasteiger partial charge in [0.25, 0.3) is 5.89 Å². The van der Waals surface area contributed by atoms with Crippen molar-refractivity contribution in [3.8, 4) is 17.1 Å². The molecule has 0 bridgehead atoms. The second-order valence-electron chi connectivity index (χ2n) is 4.13. The van der Waals surface area contributed by atoms with Crippen LogP contribution in [0.5, 0.6) is 0 Å². The Bertz CT molecular complexity index is 853. The van der Waals surface area contributed by atoms with E-state index in [1.165, 1.54) is 36.4 Å². The van der Waals surface area contributed by atoms with Crippen molar-refractivity contribution in [2.24, 2.45) is 0 Å². The average Bonchev–Trinajstić information content (AvgIpc) is 2.81. The highest BCUT2D eigenvalue weighted by atomic mass is 35.5. The summed E-state index contributed by atoms with van der Waals surface area (Å²) in [5, 5.41) is 3.84. The van der Waals surface area contributed by atoms with E-state index >= 15 is 0 Å². The lowest BCUT2D eigenvalue weighted by Crippen LogP contribution is -2.14. The highest BCUT2D eigenvalue weighted by Crippen LogP contribution is 2.28. The number of benzene rings is 2. The first-order valence-electron chi connectivity index (χ1n) is 5.87. The lowest BCUT2D eigenvalue weighted by molar-refractivity contribution is 0.507. The fourth-order valence-corrected chi connectivity index (χ4v) is 2.10. The molecule has 0 unspecified atom stereocenters. The van der Waals surface area contributed by atoms with Crippen molar-refractivity contribution in [2.45, 2.75) is 0 Å². The Hall–Kier alpha value is -2.47. The molecule has 0 radical (unpaired) electrons. The third-order valence-electron chi connectivity index (χ3n) is 2.81. The summed E-state index contributed by atoms with van der Waals surface area (Å²) in [5.74, 6) is -2.59. The number of nitrogens with zero attached hydrogens (tertiary/aromatic N) is 2. The summed E-state index contributed by atoms with van der Waals surface area (Å²) in [6.07, 6.45) is 0. The van der Waals surface area contributed by atoms with Crippen LogP contribution in [0.3, 0.4) is 0 Å². The molecular formula is C14H7ClF2N2O2. The van der Waals surface area contributed by atoms with Crippen LogP contribution in [0.2, 0.25) is 5.02 Å². The quantitative estimate of drug-likeness (QED) is 0.729. The van der Waals surface area contributed by atoms with Crippen LogP contribution in [0.15, 0.2) is 51.7 Å². The molecule has 1 aromatic heterocycles. The van der Waals surface area contributed by atoms with Crippen molar-refractivity contribution in [1.82, 2.24) is 9.78 Å². The predicted molar refractivity (Wildman–Crippen MR) is 72.5 cm³/mol. The van der Waals surface area contributed by atoms with E-state index in [2.05, 4.69) is 5.10 Å². The van der Waals surface area contributed by atoms with Gasteiger partial charge in [0.2, 0.25) is 0 Å². The van der Waals surface area contributed by atoms with Gasteiger partial charge in [-0.15, -0.1) is 5.10 Å².